The summed E-state index contributed by atoms with van der Waals surface area (Å²) in [4.78, 5) is 14.1. The van der Waals surface area contributed by atoms with Crippen molar-refractivity contribution >= 4 is 17.3 Å². The first-order chi connectivity index (χ1) is 9.60. The van der Waals surface area contributed by atoms with Gasteiger partial charge in [0.15, 0.2) is 0 Å². The average molecular weight is 281 g/mol. The van der Waals surface area contributed by atoms with E-state index < -0.39 is 5.82 Å². The van der Waals surface area contributed by atoms with Crippen LogP contribution < -0.4 is 11.1 Å². The predicted octanol–water partition coefficient (Wildman–Crippen LogP) is 1.46. The van der Waals surface area contributed by atoms with Crippen LogP contribution in [0.1, 0.15) is 13.3 Å². The summed E-state index contributed by atoms with van der Waals surface area (Å²) in [6.45, 7) is 4.43. The molecule has 6 heteroatoms. The van der Waals surface area contributed by atoms with E-state index in [1.807, 2.05) is 0 Å². The van der Waals surface area contributed by atoms with Gasteiger partial charge in [0.05, 0.1) is 25.4 Å². The number of hydrogen-bond acceptors (Lipinski definition) is 4. The molecule has 1 saturated heterocycles. The molecule has 1 unspecified atom stereocenters. The van der Waals surface area contributed by atoms with E-state index in [1.165, 1.54) is 18.2 Å². The Morgan fingerprint density at radius 3 is 3.10 bits per heavy atom. The Bertz CT molecular complexity index is 481. The zero-order valence-corrected chi connectivity index (χ0v) is 11.6. The first kappa shape index (κ1) is 14.7. The third-order valence-electron chi connectivity index (χ3n) is 3.45. The smallest absolute Gasteiger partial charge is 0.238 e. The summed E-state index contributed by atoms with van der Waals surface area (Å²) in [5, 5.41) is 2.73. The van der Waals surface area contributed by atoms with Crippen molar-refractivity contribution in [2.45, 2.75) is 19.4 Å². The van der Waals surface area contributed by atoms with Crippen LogP contribution in [0.15, 0.2) is 18.2 Å². The summed E-state index contributed by atoms with van der Waals surface area (Å²) in [5.41, 5.74) is 6.01. The van der Waals surface area contributed by atoms with E-state index in [0.29, 0.717) is 25.4 Å². The SMILES string of the molecule is CCC1COCCN1CC(=O)Nc1ccc(F)c(N)c1. The standard InChI is InChI=1S/C14H20FN3O2/c1-2-11-9-20-6-5-18(11)8-14(19)17-10-3-4-12(15)13(16)7-10/h3-4,7,11H,2,5-6,8-9,16H2,1H3,(H,17,19). The van der Waals surface area contributed by atoms with Crippen molar-refractivity contribution in [2.24, 2.45) is 0 Å². The Kier molecular flexibility index (Phi) is 4.92. The molecule has 1 aliphatic heterocycles. The molecule has 0 aliphatic carbocycles. The van der Waals surface area contributed by atoms with E-state index >= 15 is 0 Å². The Balaban J connectivity index is 1.92. The number of hydrogen-bond donors (Lipinski definition) is 2. The second-order valence-corrected chi connectivity index (χ2v) is 4.89. The summed E-state index contributed by atoms with van der Waals surface area (Å²) in [7, 11) is 0. The summed E-state index contributed by atoms with van der Waals surface area (Å²) in [6, 6.07) is 4.44. The maximum absolute atomic E-state index is 13.0. The molecule has 0 radical (unpaired) electrons. The van der Waals surface area contributed by atoms with E-state index in [-0.39, 0.29) is 17.6 Å². The fourth-order valence-corrected chi connectivity index (χ4v) is 2.28. The molecule has 1 heterocycles. The van der Waals surface area contributed by atoms with Crippen LogP contribution in [-0.4, -0.2) is 43.2 Å². The number of nitrogen functional groups attached to an aromatic ring is 1. The fraction of sp³-hybridized carbons (Fsp3) is 0.500. The van der Waals surface area contributed by atoms with Gasteiger partial charge < -0.3 is 15.8 Å². The molecule has 1 aromatic carbocycles. The summed E-state index contributed by atoms with van der Waals surface area (Å²) in [6.07, 6.45) is 0.941. The molecular weight excluding hydrogens is 261 g/mol. The number of halogens is 1. The number of ether oxygens (including phenoxy) is 1. The van der Waals surface area contributed by atoms with Crippen LogP contribution in [0.25, 0.3) is 0 Å². The van der Waals surface area contributed by atoms with Crippen molar-refractivity contribution in [3.8, 4) is 0 Å². The second-order valence-electron chi connectivity index (χ2n) is 4.89. The number of benzene rings is 1. The number of rotatable bonds is 4. The van der Waals surface area contributed by atoms with Gasteiger partial charge in [0, 0.05) is 18.3 Å². The number of nitrogens with one attached hydrogen (secondary N) is 1. The van der Waals surface area contributed by atoms with E-state index in [4.69, 9.17) is 10.5 Å². The highest BCUT2D eigenvalue weighted by molar-refractivity contribution is 5.92. The van der Waals surface area contributed by atoms with Crippen molar-refractivity contribution in [2.75, 3.05) is 37.4 Å². The molecule has 1 atom stereocenters. The highest BCUT2D eigenvalue weighted by atomic mass is 19.1. The van der Waals surface area contributed by atoms with Crippen molar-refractivity contribution in [1.82, 2.24) is 4.90 Å². The summed E-state index contributed by atoms with van der Waals surface area (Å²) in [5.74, 6) is -0.612. The van der Waals surface area contributed by atoms with E-state index in [0.717, 1.165) is 13.0 Å². The Labute approximate surface area is 117 Å². The molecule has 1 aliphatic rings. The molecule has 3 N–H and O–H groups in total. The molecule has 110 valence electrons. The van der Waals surface area contributed by atoms with Gasteiger partial charge in [-0.25, -0.2) is 4.39 Å². The monoisotopic (exact) mass is 281 g/mol. The predicted molar refractivity (Wildman–Crippen MR) is 75.9 cm³/mol. The normalized spacial score (nSPS) is 19.8. The maximum Gasteiger partial charge on any atom is 0.238 e. The molecule has 2 rings (SSSR count). The highest BCUT2D eigenvalue weighted by Gasteiger charge is 2.23. The van der Waals surface area contributed by atoms with Gasteiger partial charge in [0.25, 0.3) is 0 Å². The molecule has 0 aromatic heterocycles. The summed E-state index contributed by atoms with van der Waals surface area (Å²) < 4.78 is 18.4. The average Bonchev–Trinajstić information content (AvgIpc) is 2.43. The lowest BCUT2D eigenvalue weighted by Gasteiger charge is -2.34. The maximum atomic E-state index is 13.0. The van der Waals surface area contributed by atoms with Gasteiger partial charge in [-0.3, -0.25) is 9.69 Å². The van der Waals surface area contributed by atoms with Gasteiger partial charge in [0.1, 0.15) is 5.82 Å². The first-order valence-electron chi connectivity index (χ1n) is 6.76. The summed E-state index contributed by atoms with van der Waals surface area (Å²) >= 11 is 0. The number of carbonyl (C=O) groups is 1. The molecule has 1 fully saturated rings. The van der Waals surface area contributed by atoms with Crippen LogP contribution in [-0.2, 0) is 9.53 Å². The molecule has 0 saturated carbocycles. The van der Waals surface area contributed by atoms with Crippen molar-refractivity contribution in [3.05, 3.63) is 24.0 Å². The van der Waals surface area contributed by atoms with Crippen molar-refractivity contribution < 1.29 is 13.9 Å². The molecule has 0 spiro atoms. The van der Waals surface area contributed by atoms with E-state index in [2.05, 4.69) is 17.1 Å². The zero-order valence-electron chi connectivity index (χ0n) is 11.6. The zero-order chi connectivity index (χ0) is 14.5. The van der Waals surface area contributed by atoms with Gasteiger partial charge in [-0.05, 0) is 24.6 Å². The molecule has 20 heavy (non-hydrogen) atoms. The number of morpholine rings is 1. The quantitative estimate of drug-likeness (QED) is 0.820. The molecule has 1 amide bonds. The minimum absolute atomic E-state index is 0.0283. The minimum Gasteiger partial charge on any atom is -0.396 e. The third kappa shape index (κ3) is 3.68. The first-order valence-corrected chi connectivity index (χ1v) is 6.76. The van der Waals surface area contributed by atoms with Gasteiger partial charge in [-0.1, -0.05) is 6.92 Å². The van der Waals surface area contributed by atoms with Crippen LogP contribution in [0.5, 0.6) is 0 Å². The third-order valence-corrected chi connectivity index (χ3v) is 3.45. The van der Waals surface area contributed by atoms with Crippen LogP contribution >= 0.6 is 0 Å². The number of nitrogens with two attached hydrogens (primary N) is 1. The molecular formula is C14H20FN3O2. The largest absolute Gasteiger partial charge is 0.396 e. The van der Waals surface area contributed by atoms with Gasteiger partial charge in [0.2, 0.25) is 5.91 Å². The van der Waals surface area contributed by atoms with Crippen molar-refractivity contribution in [3.63, 3.8) is 0 Å². The van der Waals surface area contributed by atoms with Crippen LogP contribution in [0.2, 0.25) is 0 Å². The van der Waals surface area contributed by atoms with Gasteiger partial charge in [-0.2, -0.15) is 0 Å². The van der Waals surface area contributed by atoms with Crippen LogP contribution in [0.4, 0.5) is 15.8 Å². The molecule has 5 nitrogen and oxygen atoms in total. The van der Waals surface area contributed by atoms with E-state index in [9.17, 15) is 9.18 Å². The van der Waals surface area contributed by atoms with Crippen molar-refractivity contribution in [1.29, 1.82) is 0 Å². The molecule has 1 aromatic rings. The number of nitrogens with zero attached hydrogens (tertiary/aromatic N) is 1. The highest BCUT2D eigenvalue weighted by Crippen LogP contribution is 2.16. The Hall–Kier alpha value is -1.66. The lowest BCUT2D eigenvalue weighted by molar-refractivity contribution is -0.119. The Morgan fingerprint density at radius 1 is 1.60 bits per heavy atom. The fourth-order valence-electron chi connectivity index (χ4n) is 2.28. The van der Waals surface area contributed by atoms with E-state index in [1.54, 1.807) is 0 Å². The topological polar surface area (TPSA) is 67.6 Å². The molecule has 0 bridgehead atoms. The van der Waals surface area contributed by atoms with Gasteiger partial charge >= 0.3 is 0 Å². The van der Waals surface area contributed by atoms with Crippen LogP contribution in [0, 0.1) is 5.82 Å². The second kappa shape index (κ2) is 6.67. The van der Waals surface area contributed by atoms with Crippen LogP contribution in [0.3, 0.4) is 0 Å². The number of anilines is 2. The van der Waals surface area contributed by atoms with Gasteiger partial charge in [-0.15, -0.1) is 0 Å². The number of amides is 1. The minimum atomic E-state index is -0.484. The number of carbonyl (C=O) groups excluding carboxylic acids is 1. The Morgan fingerprint density at radius 2 is 2.40 bits per heavy atom. The lowest BCUT2D eigenvalue weighted by Crippen LogP contribution is -2.48. The lowest BCUT2D eigenvalue weighted by atomic mass is 10.2.